The molecule has 0 radical (unpaired) electrons. The molecule has 0 spiro atoms. The summed E-state index contributed by atoms with van der Waals surface area (Å²) >= 11 is 7.67. The highest BCUT2D eigenvalue weighted by Gasteiger charge is 2.16. The van der Waals surface area contributed by atoms with Crippen molar-refractivity contribution in [2.24, 2.45) is 7.05 Å². The molecule has 0 N–H and O–H groups in total. The number of para-hydroxylation sites is 1. The maximum absolute atomic E-state index is 12.1. The third kappa shape index (κ3) is 4.07. The molecule has 0 saturated heterocycles. The van der Waals surface area contributed by atoms with Gasteiger partial charge in [0, 0.05) is 24.3 Å². The summed E-state index contributed by atoms with van der Waals surface area (Å²) in [7, 11) is 1.90. The fourth-order valence-electron chi connectivity index (χ4n) is 3.86. The lowest BCUT2D eigenvalue weighted by Crippen LogP contribution is -2.05. The molecule has 0 bridgehead atoms. The van der Waals surface area contributed by atoms with Gasteiger partial charge in [-0.1, -0.05) is 35.5 Å². The van der Waals surface area contributed by atoms with Gasteiger partial charge in [-0.15, -0.1) is 10.2 Å². The first-order valence-corrected chi connectivity index (χ1v) is 11.4. The van der Waals surface area contributed by atoms with Crippen LogP contribution in [0.25, 0.3) is 11.0 Å². The summed E-state index contributed by atoms with van der Waals surface area (Å²) in [6.07, 6.45) is 3.28. The Labute approximate surface area is 188 Å². The Morgan fingerprint density at radius 2 is 1.97 bits per heavy atom. The van der Waals surface area contributed by atoms with Crippen LogP contribution in [-0.4, -0.2) is 14.8 Å². The Bertz CT molecular complexity index is 1330. The molecular weight excluding hydrogens is 434 g/mol. The van der Waals surface area contributed by atoms with Crippen LogP contribution < -0.4 is 10.4 Å². The number of aryl methyl sites for hydroxylation is 2. The van der Waals surface area contributed by atoms with Crippen LogP contribution in [0.3, 0.4) is 0 Å². The van der Waals surface area contributed by atoms with Gasteiger partial charge in [-0.2, -0.15) is 0 Å². The molecule has 0 aliphatic heterocycles. The minimum Gasteiger partial charge on any atom is -0.484 e. The van der Waals surface area contributed by atoms with Gasteiger partial charge in [0.2, 0.25) is 0 Å². The number of hydrogen-bond donors (Lipinski definition) is 0. The van der Waals surface area contributed by atoms with E-state index in [0.29, 0.717) is 27.9 Å². The summed E-state index contributed by atoms with van der Waals surface area (Å²) in [6, 6.07) is 13.1. The first-order chi connectivity index (χ1) is 15.1. The lowest BCUT2D eigenvalue weighted by molar-refractivity contribution is 0.290. The number of hydrogen-bond acceptors (Lipinski definition) is 6. The molecule has 0 fully saturated rings. The number of nitrogens with zero attached hydrogens (tertiary/aromatic N) is 3. The molecule has 0 saturated carbocycles. The zero-order valence-corrected chi connectivity index (χ0v) is 18.5. The molecule has 0 amide bonds. The molecule has 5 rings (SSSR count). The van der Waals surface area contributed by atoms with Crippen molar-refractivity contribution in [3.63, 3.8) is 0 Å². The van der Waals surface area contributed by atoms with Crippen LogP contribution in [0.2, 0.25) is 5.02 Å². The van der Waals surface area contributed by atoms with Gasteiger partial charge in [0.1, 0.15) is 17.9 Å². The highest BCUT2D eigenvalue weighted by Crippen LogP contribution is 2.31. The van der Waals surface area contributed by atoms with Gasteiger partial charge >= 0.3 is 5.63 Å². The van der Waals surface area contributed by atoms with Gasteiger partial charge in [0.25, 0.3) is 0 Å². The first kappa shape index (κ1) is 20.2. The van der Waals surface area contributed by atoms with Gasteiger partial charge in [-0.25, -0.2) is 4.79 Å². The van der Waals surface area contributed by atoms with Crippen molar-refractivity contribution in [1.29, 1.82) is 0 Å². The van der Waals surface area contributed by atoms with E-state index in [0.717, 1.165) is 35.4 Å². The van der Waals surface area contributed by atoms with Crippen molar-refractivity contribution in [3.05, 3.63) is 80.4 Å². The SMILES string of the molecule is Cn1c(COc2ccccc2Cl)nnc1SCc1cc(=O)oc2cc3c(cc12)CCC3. The van der Waals surface area contributed by atoms with Crippen molar-refractivity contribution >= 4 is 34.3 Å². The van der Waals surface area contributed by atoms with E-state index in [-0.39, 0.29) is 12.2 Å². The Kier molecular flexibility index (Phi) is 5.46. The molecule has 0 unspecified atom stereocenters. The topological polar surface area (TPSA) is 70.2 Å². The van der Waals surface area contributed by atoms with Crippen molar-refractivity contribution in [1.82, 2.24) is 14.8 Å². The van der Waals surface area contributed by atoms with Crippen LogP contribution >= 0.6 is 23.4 Å². The minimum absolute atomic E-state index is 0.262. The molecule has 2 heterocycles. The molecule has 6 nitrogen and oxygen atoms in total. The highest BCUT2D eigenvalue weighted by atomic mass is 35.5. The second-order valence-electron chi connectivity index (χ2n) is 7.53. The molecular formula is C23H20ClN3O3S. The molecule has 1 aliphatic carbocycles. The Morgan fingerprint density at radius 3 is 2.81 bits per heavy atom. The lowest BCUT2D eigenvalue weighted by Gasteiger charge is -2.09. The van der Waals surface area contributed by atoms with E-state index < -0.39 is 0 Å². The molecule has 8 heteroatoms. The number of fused-ring (bicyclic) bond motifs is 2. The van der Waals surface area contributed by atoms with Crippen LogP contribution in [-0.2, 0) is 32.2 Å². The largest absolute Gasteiger partial charge is 0.484 e. The zero-order chi connectivity index (χ0) is 21.4. The third-order valence-electron chi connectivity index (χ3n) is 5.52. The second-order valence-corrected chi connectivity index (χ2v) is 8.88. The van der Waals surface area contributed by atoms with Gasteiger partial charge in [0.15, 0.2) is 11.0 Å². The lowest BCUT2D eigenvalue weighted by atomic mass is 10.0. The van der Waals surface area contributed by atoms with Crippen LogP contribution in [0, 0.1) is 0 Å². The molecule has 158 valence electrons. The number of halogens is 1. The van der Waals surface area contributed by atoms with Crippen LogP contribution in [0.15, 0.2) is 56.8 Å². The predicted octanol–water partition coefficient (Wildman–Crippen LogP) is 4.93. The second kappa shape index (κ2) is 8.40. The predicted molar refractivity (Wildman–Crippen MR) is 121 cm³/mol. The molecule has 2 aromatic carbocycles. The van der Waals surface area contributed by atoms with Gasteiger partial charge in [0.05, 0.1) is 5.02 Å². The Balaban J connectivity index is 1.34. The number of rotatable bonds is 6. The van der Waals surface area contributed by atoms with Gasteiger partial charge < -0.3 is 13.7 Å². The Hall–Kier alpha value is -2.77. The third-order valence-corrected chi connectivity index (χ3v) is 6.90. The average molecular weight is 454 g/mol. The molecule has 1 aliphatic rings. The smallest absolute Gasteiger partial charge is 0.336 e. The summed E-state index contributed by atoms with van der Waals surface area (Å²) in [5.74, 6) is 1.90. The van der Waals surface area contributed by atoms with E-state index in [1.54, 1.807) is 12.1 Å². The van der Waals surface area contributed by atoms with E-state index >= 15 is 0 Å². The molecule has 2 aromatic heterocycles. The van der Waals surface area contributed by atoms with Crippen molar-refractivity contribution in [3.8, 4) is 5.75 Å². The van der Waals surface area contributed by atoms with E-state index in [9.17, 15) is 4.79 Å². The molecule has 0 atom stereocenters. The summed E-state index contributed by atoms with van der Waals surface area (Å²) in [4.78, 5) is 12.1. The summed E-state index contributed by atoms with van der Waals surface area (Å²) < 4.78 is 13.1. The fourth-order valence-corrected chi connectivity index (χ4v) is 4.97. The first-order valence-electron chi connectivity index (χ1n) is 10.1. The van der Waals surface area contributed by atoms with Crippen molar-refractivity contribution in [2.45, 2.75) is 36.8 Å². The number of aromatic nitrogens is 3. The van der Waals surface area contributed by atoms with Crippen molar-refractivity contribution < 1.29 is 9.15 Å². The Morgan fingerprint density at radius 1 is 1.16 bits per heavy atom. The number of benzene rings is 2. The van der Waals surface area contributed by atoms with E-state index in [4.69, 9.17) is 20.8 Å². The van der Waals surface area contributed by atoms with Gasteiger partial charge in [-0.3, -0.25) is 0 Å². The minimum atomic E-state index is -0.326. The quantitative estimate of drug-likeness (QED) is 0.304. The van der Waals surface area contributed by atoms with Crippen LogP contribution in [0.1, 0.15) is 28.9 Å². The maximum Gasteiger partial charge on any atom is 0.336 e. The van der Waals surface area contributed by atoms with E-state index in [1.165, 1.54) is 22.9 Å². The number of ether oxygens (including phenoxy) is 1. The van der Waals surface area contributed by atoms with Crippen LogP contribution in [0.5, 0.6) is 5.75 Å². The fraction of sp³-hybridized carbons (Fsp3) is 0.261. The van der Waals surface area contributed by atoms with E-state index in [1.807, 2.05) is 35.9 Å². The van der Waals surface area contributed by atoms with Crippen molar-refractivity contribution in [2.75, 3.05) is 0 Å². The average Bonchev–Trinajstić information content (AvgIpc) is 3.36. The maximum atomic E-state index is 12.1. The molecule has 31 heavy (non-hydrogen) atoms. The zero-order valence-electron chi connectivity index (χ0n) is 16.9. The standard InChI is InChI=1S/C23H20ClN3O3S/c1-27-21(12-29-19-8-3-2-7-18(19)24)25-26-23(27)31-13-16-11-22(28)30-20-10-15-6-4-5-14(15)9-17(16)20/h2-3,7-11H,4-6,12-13H2,1H3. The highest BCUT2D eigenvalue weighted by molar-refractivity contribution is 7.98. The summed E-state index contributed by atoms with van der Waals surface area (Å²) in [6.45, 7) is 0.262. The summed E-state index contributed by atoms with van der Waals surface area (Å²) in [5, 5.41) is 10.8. The normalized spacial score (nSPS) is 13.0. The summed E-state index contributed by atoms with van der Waals surface area (Å²) in [5.41, 5.74) is 3.92. The van der Waals surface area contributed by atoms with Gasteiger partial charge in [-0.05, 0) is 60.2 Å². The van der Waals surface area contributed by atoms with Crippen LogP contribution in [0.4, 0.5) is 0 Å². The monoisotopic (exact) mass is 453 g/mol. The molecule has 4 aromatic rings. The number of thioether (sulfide) groups is 1. The van der Waals surface area contributed by atoms with E-state index in [2.05, 4.69) is 16.3 Å².